The lowest BCUT2D eigenvalue weighted by Gasteiger charge is -2.35. The maximum absolute atomic E-state index is 10.3. The fraction of sp³-hybridized carbons (Fsp3) is 0.933. The normalized spacial score (nSPS) is 13.4. The summed E-state index contributed by atoms with van der Waals surface area (Å²) in [5.74, 6) is -0.855. The highest BCUT2D eigenvalue weighted by atomic mass is 16.4. The van der Waals surface area contributed by atoms with Crippen LogP contribution in [0.15, 0.2) is 0 Å². The Kier molecular flexibility index (Phi) is 10.7. The van der Waals surface area contributed by atoms with Crippen molar-refractivity contribution in [3.05, 3.63) is 0 Å². The Morgan fingerprint density at radius 1 is 0.950 bits per heavy atom. The van der Waals surface area contributed by atoms with Gasteiger partial charge in [-0.3, -0.25) is 4.79 Å². The van der Waals surface area contributed by atoms with Gasteiger partial charge in [-0.2, -0.15) is 0 Å². The van der Waals surface area contributed by atoms with Gasteiger partial charge in [-0.1, -0.05) is 39.0 Å². The first-order valence-electron chi connectivity index (χ1n) is 7.56. The third kappa shape index (κ3) is 7.22. The molecule has 0 fully saturated rings. The van der Waals surface area contributed by atoms with Gasteiger partial charge in [0.05, 0.1) is 13.2 Å². The number of unbranched alkanes of at least 4 members (excludes halogenated alkanes) is 5. The summed E-state index contributed by atoms with van der Waals surface area (Å²) in [6.45, 7) is 1.60. The van der Waals surface area contributed by atoms with Crippen molar-refractivity contribution in [2.45, 2.75) is 58.3 Å². The maximum Gasteiger partial charge on any atom is 0.303 e. The summed E-state index contributed by atoms with van der Waals surface area (Å²) in [4.78, 5) is 10.3. The smallest absolute Gasteiger partial charge is 0.303 e. The van der Waals surface area contributed by atoms with E-state index in [-0.39, 0.29) is 32.2 Å². The summed E-state index contributed by atoms with van der Waals surface area (Å²) in [6, 6.07) is 0. The monoisotopic (exact) mass is 290 g/mol. The zero-order valence-corrected chi connectivity index (χ0v) is 12.6. The van der Waals surface area contributed by atoms with Crippen LogP contribution in [-0.4, -0.2) is 46.2 Å². The van der Waals surface area contributed by atoms with E-state index in [4.69, 9.17) is 5.11 Å². The van der Waals surface area contributed by atoms with Crippen LogP contribution in [-0.2, 0) is 4.79 Å². The first-order valence-corrected chi connectivity index (χ1v) is 7.56. The van der Waals surface area contributed by atoms with E-state index in [0.717, 1.165) is 38.5 Å². The topological polar surface area (TPSA) is 98.0 Å². The molecule has 4 N–H and O–H groups in total. The summed E-state index contributed by atoms with van der Waals surface area (Å²) < 4.78 is 0. The Morgan fingerprint density at radius 2 is 1.45 bits per heavy atom. The highest BCUT2D eigenvalue weighted by Gasteiger charge is 2.34. The van der Waals surface area contributed by atoms with E-state index in [2.05, 4.69) is 0 Å². The standard InChI is InChI=1S/C15H30O5/c1-13(10-16)15(11-17,12-18)9-7-5-3-2-4-6-8-14(19)20/h13,16-18H,2-12H2,1H3,(H,19,20). The molecule has 0 aromatic heterocycles. The highest BCUT2D eigenvalue weighted by Crippen LogP contribution is 2.32. The molecular weight excluding hydrogens is 260 g/mol. The molecule has 20 heavy (non-hydrogen) atoms. The number of hydrogen-bond acceptors (Lipinski definition) is 4. The molecule has 0 amide bonds. The quantitative estimate of drug-likeness (QED) is 0.388. The fourth-order valence-corrected chi connectivity index (χ4v) is 2.42. The van der Waals surface area contributed by atoms with E-state index < -0.39 is 11.4 Å². The molecule has 0 rings (SSSR count). The number of hydrogen-bond donors (Lipinski definition) is 4. The average Bonchev–Trinajstić information content (AvgIpc) is 2.45. The molecule has 0 aromatic carbocycles. The lowest BCUT2D eigenvalue weighted by atomic mass is 9.74. The van der Waals surface area contributed by atoms with Crippen molar-refractivity contribution in [2.24, 2.45) is 11.3 Å². The molecule has 120 valence electrons. The van der Waals surface area contributed by atoms with Crippen LogP contribution in [0.1, 0.15) is 58.3 Å². The number of carbonyl (C=O) groups is 1. The Hall–Kier alpha value is -0.650. The SMILES string of the molecule is CC(CO)C(CO)(CO)CCCCCCCCC(=O)O. The van der Waals surface area contributed by atoms with Gasteiger partial charge in [0, 0.05) is 18.4 Å². The molecule has 0 radical (unpaired) electrons. The van der Waals surface area contributed by atoms with Crippen molar-refractivity contribution in [1.82, 2.24) is 0 Å². The Bertz CT molecular complexity index is 251. The molecule has 0 bridgehead atoms. The molecule has 5 heteroatoms. The van der Waals surface area contributed by atoms with Crippen molar-refractivity contribution in [2.75, 3.05) is 19.8 Å². The van der Waals surface area contributed by atoms with Gasteiger partial charge in [0.15, 0.2) is 0 Å². The molecule has 0 saturated heterocycles. The van der Waals surface area contributed by atoms with Crippen LogP contribution in [0.5, 0.6) is 0 Å². The molecule has 5 nitrogen and oxygen atoms in total. The summed E-state index contributed by atoms with van der Waals surface area (Å²) in [5.41, 5.74) is -0.585. The van der Waals surface area contributed by atoms with Gasteiger partial charge in [0.2, 0.25) is 0 Å². The zero-order valence-electron chi connectivity index (χ0n) is 12.6. The first-order chi connectivity index (χ1) is 9.52. The second-order valence-corrected chi connectivity index (χ2v) is 5.78. The van der Waals surface area contributed by atoms with Crippen molar-refractivity contribution >= 4 is 5.97 Å². The Morgan fingerprint density at radius 3 is 1.90 bits per heavy atom. The van der Waals surface area contributed by atoms with E-state index >= 15 is 0 Å². The molecule has 1 atom stereocenters. The van der Waals surface area contributed by atoms with Crippen molar-refractivity contribution in [3.63, 3.8) is 0 Å². The van der Waals surface area contributed by atoms with Crippen LogP contribution >= 0.6 is 0 Å². The highest BCUT2D eigenvalue weighted by molar-refractivity contribution is 5.66. The molecule has 0 heterocycles. The zero-order chi connectivity index (χ0) is 15.4. The average molecular weight is 290 g/mol. The summed E-state index contributed by atoms with van der Waals surface area (Å²) in [7, 11) is 0. The number of carboxylic acid groups (broad SMARTS) is 1. The molecule has 0 spiro atoms. The lowest BCUT2D eigenvalue weighted by molar-refractivity contribution is -0.137. The van der Waals surface area contributed by atoms with E-state index in [1.807, 2.05) is 6.92 Å². The summed E-state index contributed by atoms with van der Waals surface area (Å²) >= 11 is 0. The minimum absolute atomic E-state index is 0.0314. The van der Waals surface area contributed by atoms with Crippen LogP contribution in [0.2, 0.25) is 0 Å². The maximum atomic E-state index is 10.3. The van der Waals surface area contributed by atoms with Crippen molar-refractivity contribution in [1.29, 1.82) is 0 Å². The molecule has 0 aliphatic carbocycles. The second-order valence-electron chi connectivity index (χ2n) is 5.78. The van der Waals surface area contributed by atoms with E-state index in [1.54, 1.807) is 0 Å². The van der Waals surface area contributed by atoms with E-state index in [1.165, 1.54) is 0 Å². The molecule has 0 saturated carbocycles. The van der Waals surface area contributed by atoms with Crippen LogP contribution in [0, 0.1) is 11.3 Å². The predicted octanol–water partition coefficient (Wildman–Crippen LogP) is 1.79. The van der Waals surface area contributed by atoms with E-state index in [9.17, 15) is 20.1 Å². The number of aliphatic hydroxyl groups is 3. The van der Waals surface area contributed by atoms with Crippen LogP contribution in [0.25, 0.3) is 0 Å². The van der Waals surface area contributed by atoms with Gasteiger partial charge >= 0.3 is 5.97 Å². The van der Waals surface area contributed by atoms with Gasteiger partial charge < -0.3 is 20.4 Å². The molecule has 0 aromatic rings. The molecule has 0 aliphatic rings. The van der Waals surface area contributed by atoms with Crippen molar-refractivity contribution in [3.8, 4) is 0 Å². The third-order valence-corrected chi connectivity index (χ3v) is 4.26. The second kappa shape index (κ2) is 11.1. The fourth-order valence-electron chi connectivity index (χ4n) is 2.42. The molecule has 1 unspecified atom stereocenters. The third-order valence-electron chi connectivity index (χ3n) is 4.26. The lowest BCUT2D eigenvalue weighted by Crippen LogP contribution is -2.38. The number of aliphatic hydroxyl groups excluding tert-OH is 3. The largest absolute Gasteiger partial charge is 0.481 e. The molecular formula is C15H30O5. The van der Waals surface area contributed by atoms with Gasteiger partial charge in [-0.05, 0) is 18.8 Å². The van der Waals surface area contributed by atoms with Gasteiger partial charge in [-0.25, -0.2) is 0 Å². The van der Waals surface area contributed by atoms with Crippen LogP contribution in [0.4, 0.5) is 0 Å². The van der Waals surface area contributed by atoms with Gasteiger partial charge in [-0.15, -0.1) is 0 Å². The van der Waals surface area contributed by atoms with Crippen molar-refractivity contribution < 1.29 is 25.2 Å². The number of rotatable bonds is 13. The minimum atomic E-state index is -0.737. The predicted molar refractivity (Wildman–Crippen MR) is 77.4 cm³/mol. The van der Waals surface area contributed by atoms with E-state index in [0.29, 0.717) is 6.42 Å². The Labute approximate surface area is 121 Å². The minimum Gasteiger partial charge on any atom is -0.481 e. The number of aliphatic carboxylic acids is 1. The van der Waals surface area contributed by atoms with Crippen LogP contribution < -0.4 is 0 Å². The van der Waals surface area contributed by atoms with Crippen LogP contribution in [0.3, 0.4) is 0 Å². The molecule has 0 aliphatic heterocycles. The first kappa shape index (κ1) is 19.4. The summed E-state index contributed by atoms with van der Waals surface area (Å²) in [6.07, 6.45) is 6.59. The summed E-state index contributed by atoms with van der Waals surface area (Å²) in [5, 5.41) is 36.7. The number of carboxylic acids is 1. The Balaban J connectivity index is 3.77. The van der Waals surface area contributed by atoms with Gasteiger partial charge in [0.1, 0.15) is 0 Å². The van der Waals surface area contributed by atoms with Gasteiger partial charge in [0.25, 0.3) is 0 Å².